The Morgan fingerprint density at radius 1 is 1.38 bits per heavy atom. The highest BCUT2D eigenvalue weighted by Crippen LogP contribution is 2.26. The van der Waals surface area contributed by atoms with Gasteiger partial charge in [0.1, 0.15) is 5.82 Å². The van der Waals surface area contributed by atoms with Crippen molar-refractivity contribution in [3.8, 4) is 0 Å². The van der Waals surface area contributed by atoms with Gasteiger partial charge in [0.05, 0.1) is 0 Å². The largest absolute Gasteiger partial charge is 0.338 e. The van der Waals surface area contributed by atoms with Crippen LogP contribution in [0.1, 0.15) is 42.8 Å². The van der Waals surface area contributed by atoms with Crippen LogP contribution in [0.25, 0.3) is 0 Å². The molecule has 1 atom stereocenters. The molecule has 3 nitrogen and oxygen atoms in total. The van der Waals surface area contributed by atoms with Gasteiger partial charge in [0, 0.05) is 35.5 Å². The van der Waals surface area contributed by atoms with Crippen LogP contribution in [0.15, 0.2) is 30.6 Å². The smallest absolute Gasteiger partial charge is 0.108 e. The van der Waals surface area contributed by atoms with Crippen molar-refractivity contribution in [2.24, 2.45) is 7.05 Å². The summed E-state index contributed by atoms with van der Waals surface area (Å²) < 4.78 is 3.49. The van der Waals surface area contributed by atoms with E-state index in [0.717, 1.165) is 31.6 Å². The monoisotopic (exact) mass is 397 g/mol. The van der Waals surface area contributed by atoms with Gasteiger partial charge in [-0.1, -0.05) is 25.1 Å². The quantitative estimate of drug-likeness (QED) is 0.716. The molecule has 0 amide bonds. The Morgan fingerprint density at radius 2 is 2.19 bits per heavy atom. The first kappa shape index (κ1) is 16.5. The molecule has 1 unspecified atom stereocenters. The third-order valence-corrected chi connectivity index (χ3v) is 5.29. The van der Waals surface area contributed by atoms with Crippen molar-refractivity contribution in [3.63, 3.8) is 0 Å². The summed E-state index contributed by atoms with van der Waals surface area (Å²) in [4.78, 5) is 4.43. The van der Waals surface area contributed by atoms with E-state index in [1.807, 2.05) is 12.4 Å². The summed E-state index contributed by atoms with van der Waals surface area (Å²) in [6, 6.07) is 6.99. The summed E-state index contributed by atoms with van der Waals surface area (Å²) in [6.07, 6.45) is 7.11. The van der Waals surface area contributed by atoms with E-state index in [9.17, 15) is 0 Å². The number of nitrogens with one attached hydrogen (secondary N) is 1. The molecule has 0 fully saturated rings. The highest BCUT2D eigenvalue weighted by atomic mass is 127. The molecule has 0 saturated heterocycles. The van der Waals surface area contributed by atoms with Gasteiger partial charge in [-0.25, -0.2) is 4.98 Å². The normalized spacial score (nSPS) is 12.6. The Kier molecular flexibility index (Phi) is 6.23. The van der Waals surface area contributed by atoms with Gasteiger partial charge in [-0.3, -0.25) is 0 Å². The van der Waals surface area contributed by atoms with Crippen LogP contribution >= 0.6 is 22.6 Å². The van der Waals surface area contributed by atoms with Gasteiger partial charge in [-0.2, -0.15) is 0 Å². The number of halogens is 1. The van der Waals surface area contributed by atoms with Gasteiger partial charge in [0.2, 0.25) is 0 Å². The molecule has 4 heteroatoms. The minimum atomic E-state index is 0.397. The molecule has 2 rings (SSSR count). The molecule has 1 heterocycles. The summed E-state index contributed by atoms with van der Waals surface area (Å²) in [5.74, 6) is 1.15. The molecule has 0 radical (unpaired) electrons. The van der Waals surface area contributed by atoms with Gasteiger partial charge in [0.25, 0.3) is 0 Å². The first-order chi connectivity index (χ1) is 10.1. The molecule has 0 spiro atoms. The Morgan fingerprint density at radius 3 is 2.86 bits per heavy atom. The van der Waals surface area contributed by atoms with Crippen molar-refractivity contribution >= 4 is 22.6 Å². The molecule has 2 aromatic rings. The number of hydrogen-bond donors (Lipinski definition) is 1. The van der Waals surface area contributed by atoms with Crippen LogP contribution in [0.5, 0.6) is 0 Å². The lowest BCUT2D eigenvalue weighted by Crippen LogP contribution is -2.24. The summed E-state index contributed by atoms with van der Waals surface area (Å²) in [7, 11) is 2.06. The number of rotatable bonds is 7. The van der Waals surface area contributed by atoms with E-state index in [4.69, 9.17) is 0 Å². The molecular weight excluding hydrogens is 373 g/mol. The fourth-order valence-corrected chi connectivity index (χ4v) is 3.27. The summed E-state index contributed by atoms with van der Waals surface area (Å²) in [6.45, 7) is 5.44. The van der Waals surface area contributed by atoms with E-state index >= 15 is 0 Å². The number of hydrogen-bond acceptors (Lipinski definition) is 2. The number of imidazole rings is 1. The highest BCUT2D eigenvalue weighted by molar-refractivity contribution is 14.1. The fourth-order valence-electron chi connectivity index (χ4n) is 2.54. The third kappa shape index (κ3) is 4.30. The van der Waals surface area contributed by atoms with Crippen LogP contribution in [0.2, 0.25) is 0 Å². The Labute approximate surface area is 141 Å². The summed E-state index contributed by atoms with van der Waals surface area (Å²) in [5.41, 5.74) is 2.77. The molecule has 0 aliphatic heterocycles. The molecule has 0 aliphatic rings. The van der Waals surface area contributed by atoms with E-state index in [0.29, 0.717) is 6.04 Å². The standard InChI is InChI=1S/C17H24IN3/c1-4-10-19-15(8-9-16-20-11-12-21(16)3)14-7-5-6-13(2)17(14)18/h5-7,11-12,15,19H,4,8-10H2,1-3H3. The van der Waals surface area contributed by atoms with Gasteiger partial charge >= 0.3 is 0 Å². The zero-order chi connectivity index (χ0) is 15.2. The maximum atomic E-state index is 4.43. The van der Waals surface area contributed by atoms with E-state index in [2.05, 4.69) is 76.6 Å². The lowest BCUT2D eigenvalue weighted by Gasteiger charge is -2.21. The van der Waals surface area contributed by atoms with Crippen molar-refractivity contribution < 1.29 is 0 Å². The molecular formula is C17H24IN3. The third-order valence-electron chi connectivity index (χ3n) is 3.82. The van der Waals surface area contributed by atoms with Crippen molar-refractivity contribution in [1.29, 1.82) is 0 Å². The second-order valence-corrected chi connectivity index (χ2v) is 6.56. The average Bonchev–Trinajstić information content (AvgIpc) is 2.88. The predicted octanol–water partition coefficient (Wildman–Crippen LogP) is 4.01. The zero-order valence-electron chi connectivity index (χ0n) is 13.1. The number of aromatic nitrogens is 2. The molecule has 1 N–H and O–H groups in total. The van der Waals surface area contributed by atoms with Crippen LogP contribution in [-0.2, 0) is 13.5 Å². The minimum Gasteiger partial charge on any atom is -0.338 e. The Bertz CT molecular complexity index is 577. The number of aryl methyl sites for hydroxylation is 3. The maximum absolute atomic E-state index is 4.43. The van der Waals surface area contributed by atoms with Gasteiger partial charge in [-0.05, 0) is 60.0 Å². The van der Waals surface area contributed by atoms with Crippen molar-refractivity contribution in [1.82, 2.24) is 14.9 Å². The summed E-state index contributed by atoms with van der Waals surface area (Å²) in [5, 5.41) is 3.69. The van der Waals surface area contributed by atoms with E-state index in [1.165, 1.54) is 14.7 Å². The fraction of sp³-hybridized carbons (Fsp3) is 0.471. The molecule has 21 heavy (non-hydrogen) atoms. The highest BCUT2D eigenvalue weighted by Gasteiger charge is 2.15. The van der Waals surface area contributed by atoms with E-state index in [1.54, 1.807) is 0 Å². The first-order valence-electron chi connectivity index (χ1n) is 7.58. The predicted molar refractivity (Wildman–Crippen MR) is 96.5 cm³/mol. The van der Waals surface area contributed by atoms with Crippen molar-refractivity contribution in [3.05, 3.63) is 51.1 Å². The van der Waals surface area contributed by atoms with Gasteiger partial charge in [-0.15, -0.1) is 0 Å². The maximum Gasteiger partial charge on any atom is 0.108 e. The van der Waals surface area contributed by atoms with Crippen LogP contribution < -0.4 is 5.32 Å². The average molecular weight is 397 g/mol. The topological polar surface area (TPSA) is 29.9 Å². The second-order valence-electron chi connectivity index (χ2n) is 5.48. The molecule has 0 bridgehead atoms. The van der Waals surface area contributed by atoms with Crippen molar-refractivity contribution in [2.45, 2.75) is 39.2 Å². The van der Waals surface area contributed by atoms with E-state index < -0.39 is 0 Å². The van der Waals surface area contributed by atoms with Crippen molar-refractivity contribution in [2.75, 3.05) is 6.54 Å². The van der Waals surface area contributed by atoms with Crippen LogP contribution in [-0.4, -0.2) is 16.1 Å². The molecule has 1 aromatic carbocycles. The number of nitrogens with zero attached hydrogens (tertiary/aromatic N) is 2. The van der Waals surface area contributed by atoms with Gasteiger partial charge in [0.15, 0.2) is 0 Å². The molecule has 0 aliphatic carbocycles. The SMILES string of the molecule is CCCNC(CCc1nccn1C)c1cccc(C)c1I. The lowest BCUT2D eigenvalue weighted by atomic mass is 9.99. The Balaban J connectivity index is 2.14. The van der Waals surface area contributed by atoms with Crippen LogP contribution in [0, 0.1) is 10.5 Å². The van der Waals surface area contributed by atoms with Crippen LogP contribution in [0.4, 0.5) is 0 Å². The van der Waals surface area contributed by atoms with Crippen LogP contribution in [0.3, 0.4) is 0 Å². The Hall–Kier alpha value is -0.880. The van der Waals surface area contributed by atoms with E-state index in [-0.39, 0.29) is 0 Å². The van der Waals surface area contributed by atoms with Gasteiger partial charge < -0.3 is 9.88 Å². The summed E-state index contributed by atoms with van der Waals surface area (Å²) >= 11 is 2.47. The molecule has 0 saturated carbocycles. The zero-order valence-corrected chi connectivity index (χ0v) is 15.2. The first-order valence-corrected chi connectivity index (χ1v) is 8.66. The second kappa shape index (κ2) is 7.94. The molecule has 1 aromatic heterocycles. The number of benzene rings is 1. The lowest BCUT2D eigenvalue weighted by molar-refractivity contribution is 0.489. The minimum absolute atomic E-state index is 0.397. The molecule has 114 valence electrons.